The third-order valence-corrected chi connectivity index (χ3v) is 4.74. The number of nitrogens with one attached hydrogen (secondary N) is 2. The van der Waals surface area contributed by atoms with E-state index in [9.17, 15) is 13.6 Å². The highest BCUT2D eigenvalue weighted by Gasteiger charge is 2.13. The quantitative estimate of drug-likeness (QED) is 0.639. The normalized spacial score (nSPS) is 10.8. The van der Waals surface area contributed by atoms with Gasteiger partial charge in [-0.2, -0.15) is 0 Å². The molecule has 130 valence electrons. The van der Waals surface area contributed by atoms with Crippen LogP contribution in [0.3, 0.4) is 0 Å². The molecule has 2 heterocycles. The predicted octanol–water partition coefficient (Wildman–Crippen LogP) is 3.50. The first kappa shape index (κ1) is 17.5. The Kier molecular flexibility index (Phi) is 5.39. The van der Waals surface area contributed by atoms with E-state index in [0.29, 0.717) is 10.3 Å². The summed E-state index contributed by atoms with van der Waals surface area (Å²) in [4.78, 5) is 20.3. The molecule has 0 saturated carbocycles. The Balaban J connectivity index is 1.61. The summed E-state index contributed by atoms with van der Waals surface area (Å²) < 4.78 is 27.0. The minimum absolute atomic E-state index is 0.0546. The smallest absolute Gasteiger partial charge is 0.236 e. The van der Waals surface area contributed by atoms with E-state index in [1.807, 2.05) is 6.92 Å². The third-order valence-electron chi connectivity index (χ3n) is 3.13. The van der Waals surface area contributed by atoms with Gasteiger partial charge in [0.25, 0.3) is 0 Å². The van der Waals surface area contributed by atoms with Crippen molar-refractivity contribution < 1.29 is 13.6 Å². The monoisotopic (exact) mass is 381 g/mol. The van der Waals surface area contributed by atoms with Crippen LogP contribution in [0.5, 0.6) is 0 Å². The molecule has 0 radical (unpaired) electrons. The number of thiazole rings is 1. The molecule has 10 heteroatoms. The summed E-state index contributed by atoms with van der Waals surface area (Å²) in [6.45, 7) is 1.95. The molecule has 0 bridgehead atoms. The van der Waals surface area contributed by atoms with Crippen LogP contribution in [0.15, 0.2) is 28.7 Å². The summed E-state index contributed by atoms with van der Waals surface area (Å²) in [5.74, 6) is -0.539. The van der Waals surface area contributed by atoms with Crippen LogP contribution in [0.1, 0.15) is 12.7 Å². The van der Waals surface area contributed by atoms with E-state index >= 15 is 0 Å². The highest BCUT2D eigenvalue weighted by molar-refractivity contribution is 7.99. The van der Waals surface area contributed by atoms with Gasteiger partial charge in [0.05, 0.1) is 11.4 Å². The van der Waals surface area contributed by atoms with Gasteiger partial charge in [-0.05, 0) is 18.2 Å². The van der Waals surface area contributed by atoms with E-state index in [4.69, 9.17) is 0 Å². The number of hydrogen-bond donors (Lipinski definition) is 2. The lowest BCUT2D eigenvalue weighted by Crippen LogP contribution is -2.13. The molecule has 3 rings (SSSR count). The lowest BCUT2D eigenvalue weighted by Gasteiger charge is -2.00. The van der Waals surface area contributed by atoms with Gasteiger partial charge < -0.3 is 5.32 Å². The minimum atomic E-state index is -0.573. The number of halogens is 2. The number of aromatic nitrogens is 4. The summed E-state index contributed by atoms with van der Waals surface area (Å²) in [6, 6.07) is 3.15. The number of aryl methyl sites for hydroxylation is 1. The number of rotatable bonds is 6. The maximum absolute atomic E-state index is 13.8. The Morgan fingerprint density at radius 2 is 2.20 bits per heavy atom. The fraction of sp³-hybridized carbons (Fsp3) is 0.200. The average Bonchev–Trinajstić information content (AvgIpc) is 3.24. The number of benzene rings is 1. The average molecular weight is 381 g/mol. The molecule has 0 aliphatic rings. The molecule has 3 aromatic rings. The Morgan fingerprint density at radius 1 is 1.36 bits per heavy atom. The predicted molar refractivity (Wildman–Crippen MR) is 92.6 cm³/mol. The van der Waals surface area contributed by atoms with Gasteiger partial charge in [-0.15, -0.1) is 16.4 Å². The third kappa shape index (κ3) is 4.40. The summed E-state index contributed by atoms with van der Waals surface area (Å²) in [5, 5.41) is 11.7. The molecule has 0 spiro atoms. The van der Waals surface area contributed by atoms with Crippen molar-refractivity contribution in [2.24, 2.45) is 0 Å². The summed E-state index contributed by atoms with van der Waals surface area (Å²) in [6.07, 6.45) is 0.734. The standard InChI is InChI=1S/C15H13F2N5OS2/c1-2-12-19-15(22-21-12)25-7-13(23)20-14-18-11(6-24-14)9-5-8(16)3-4-10(9)17/h3-6H,2,7H2,1H3,(H,18,20,23)(H,19,21,22). The molecule has 0 aliphatic carbocycles. The lowest BCUT2D eigenvalue weighted by molar-refractivity contribution is -0.113. The van der Waals surface area contributed by atoms with Gasteiger partial charge in [0.2, 0.25) is 11.1 Å². The lowest BCUT2D eigenvalue weighted by atomic mass is 10.1. The maximum atomic E-state index is 13.8. The molecule has 0 saturated heterocycles. The van der Waals surface area contributed by atoms with Gasteiger partial charge in [-0.25, -0.2) is 18.7 Å². The van der Waals surface area contributed by atoms with Crippen molar-refractivity contribution in [2.45, 2.75) is 18.5 Å². The van der Waals surface area contributed by atoms with Gasteiger partial charge >= 0.3 is 0 Å². The molecule has 1 aromatic carbocycles. The molecule has 25 heavy (non-hydrogen) atoms. The van der Waals surface area contributed by atoms with Crippen LogP contribution in [-0.2, 0) is 11.2 Å². The van der Waals surface area contributed by atoms with Crippen molar-refractivity contribution in [2.75, 3.05) is 11.1 Å². The van der Waals surface area contributed by atoms with Crippen LogP contribution in [0.4, 0.5) is 13.9 Å². The Morgan fingerprint density at radius 3 is 2.96 bits per heavy atom. The van der Waals surface area contributed by atoms with Gasteiger partial charge in [-0.3, -0.25) is 9.89 Å². The molecular weight excluding hydrogens is 368 g/mol. The van der Waals surface area contributed by atoms with E-state index in [-0.39, 0.29) is 22.9 Å². The SMILES string of the molecule is CCc1nc(SCC(=O)Nc2nc(-c3cc(F)ccc3F)cs2)n[nH]1. The van der Waals surface area contributed by atoms with Crippen LogP contribution in [0, 0.1) is 11.6 Å². The second-order valence-electron chi connectivity index (χ2n) is 4.92. The van der Waals surface area contributed by atoms with Crippen LogP contribution in [0.25, 0.3) is 11.3 Å². The molecule has 2 aromatic heterocycles. The Bertz CT molecular complexity index is 896. The molecule has 6 nitrogen and oxygen atoms in total. The van der Waals surface area contributed by atoms with E-state index in [0.717, 1.165) is 41.8 Å². The Hall–Kier alpha value is -2.33. The number of carbonyl (C=O) groups is 1. The molecular formula is C15H13F2N5OS2. The summed E-state index contributed by atoms with van der Waals surface area (Å²) >= 11 is 2.33. The number of thioether (sulfide) groups is 1. The maximum Gasteiger partial charge on any atom is 0.236 e. The molecule has 0 fully saturated rings. The van der Waals surface area contributed by atoms with Crippen molar-refractivity contribution in [3.63, 3.8) is 0 Å². The van der Waals surface area contributed by atoms with Crippen LogP contribution < -0.4 is 5.32 Å². The van der Waals surface area contributed by atoms with Crippen molar-refractivity contribution in [1.29, 1.82) is 0 Å². The summed E-state index contributed by atoms with van der Waals surface area (Å²) in [7, 11) is 0. The van der Waals surface area contributed by atoms with Gasteiger partial charge in [0.15, 0.2) is 5.13 Å². The van der Waals surface area contributed by atoms with Gasteiger partial charge in [-0.1, -0.05) is 18.7 Å². The zero-order valence-corrected chi connectivity index (χ0v) is 14.7. The first-order chi connectivity index (χ1) is 12.0. The first-order valence-electron chi connectivity index (χ1n) is 7.30. The Labute approximate surface area is 150 Å². The number of nitrogens with zero attached hydrogens (tertiary/aromatic N) is 3. The van der Waals surface area contributed by atoms with Crippen LogP contribution in [0.2, 0.25) is 0 Å². The van der Waals surface area contributed by atoms with Crippen molar-refractivity contribution in [1.82, 2.24) is 20.2 Å². The molecule has 2 N–H and O–H groups in total. The van der Waals surface area contributed by atoms with Gasteiger partial charge in [0, 0.05) is 17.4 Å². The number of aromatic amines is 1. The summed E-state index contributed by atoms with van der Waals surface area (Å²) in [5.41, 5.74) is 0.324. The first-order valence-corrected chi connectivity index (χ1v) is 9.16. The van der Waals surface area contributed by atoms with E-state index in [1.165, 1.54) is 11.8 Å². The fourth-order valence-corrected chi connectivity index (χ4v) is 3.28. The molecule has 0 atom stereocenters. The molecule has 0 aliphatic heterocycles. The number of anilines is 1. The van der Waals surface area contributed by atoms with Crippen molar-refractivity contribution >= 4 is 34.1 Å². The van der Waals surface area contributed by atoms with Crippen molar-refractivity contribution in [3.05, 3.63) is 41.0 Å². The second kappa shape index (κ2) is 7.70. The number of H-pyrrole nitrogens is 1. The van der Waals surface area contributed by atoms with E-state index in [2.05, 4.69) is 25.5 Å². The van der Waals surface area contributed by atoms with Crippen molar-refractivity contribution in [3.8, 4) is 11.3 Å². The van der Waals surface area contributed by atoms with Crippen LogP contribution >= 0.6 is 23.1 Å². The van der Waals surface area contributed by atoms with E-state index in [1.54, 1.807) is 5.38 Å². The number of carbonyl (C=O) groups excluding carboxylic acids is 1. The molecule has 0 unspecified atom stereocenters. The topological polar surface area (TPSA) is 83.6 Å². The zero-order chi connectivity index (χ0) is 17.8. The number of hydrogen-bond acceptors (Lipinski definition) is 6. The number of amides is 1. The molecule has 1 amide bonds. The van der Waals surface area contributed by atoms with Crippen LogP contribution in [-0.4, -0.2) is 31.8 Å². The highest BCUT2D eigenvalue weighted by Crippen LogP contribution is 2.27. The zero-order valence-electron chi connectivity index (χ0n) is 13.0. The minimum Gasteiger partial charge on any atom is -0.301 e. The largest absolute Gasteiger partial charge is 0.301 e. The second-order valence-corrected chi connectivity index (χ2v) is 6.72. The fourth-order valence-electron chi connectivity index (χ4n) is 1.93. The van der Waals surface area contributed by atoms with E-state index < -0.39 is 11.6 Å². The highest BCUT2D eigenvalue weighted by atomic mass is 32.2. The van der Waals surface area contributed by atoms with Gasteiger partial charge in [0.1, 0.15) is 17.5 Å².